The van der Waals surface area contributed by atoms with E-state index in [-0.39, 0.29) is 11.3 Å². The second-order valence-electron chi connectivity index (χ2n) is 8.31. The fourth-order valence-electron chi connectivity index (χ4n) is 4.43. The molecule has 2 heterocycles. The molecule has 0 saturated carbocycles. The second kappa shape index (κ2) is 8.94. The topological polar surface area (TPSA) is 69.7 Å². The second-order valence-corrected chi connectivity index (χ2v) is 8.31. The molecule has 2 aliphatic rings. The Kier molecular flexibility index (Phi) is 5.67. The molecule has 0 aromatic heterocycles. The number of anilines is 2. The molecule has 0 atom stereocenters. The van der Waals surface area contributed by atoms with Crippen molar-refractivity contribution in [2.45, 2.75) is 19.4 Å². The van der Waals surface area contributed by atoms with Gasteiger partial charge >= 0.3 is 6.03 Å². The Bertz CT molecular complexity index is 1320. The Morgan fingerprint density at radius 3 is 2.47 bits per heavy atom. The third kappa shape index (κ3) is 4.08. The molecule has 3 aromatic carbocycles. The normalized spacial score (nSPS) is 17.1. The number of fused-ring (bicyclic) bond motifs is 1. The van der Waals surface area contributed by atoms with E-state index in [1.54, 1.807) is 0 Å². The number of nitrogens with one attached hydrogen (secondary N) is 1. The first-order valence-electron chi connectivity index (χ1n) is 11.1. The van der Waals surface area contributed by atoms with Gasteiger partial charge < -0.3 is 4.90 Å². The number of amides is 4. The first kappa shape index (κ1) is 21.6. The smallest absolute Gasteiger partial charge is 0.336 e. The average molecular weight is 455 g/mol. The number of hydrogen-bond donors (Lipinski definition) is 1. The molecule has 0 radical (unpaired) electrons. The summed E-state index contributed by atoms with van der Waals surface area (Å²) in [5.74, 6) is -2.39. The van der Waals surface area contributed by atoms with Crippen molar-refractivity contribution in [1.82, 2.24) is 5.32 Å². The van der Waals surface area contributed by atoms with Gasteiger partial charge in [0, 0.05) is 18.8 Å². The molecular formula is C27H22FN3O3. The Balaban J connectivity index is 1.45. The minimum absolute atomic E-state index is 0.203. The fraction of sp³-hybridized carbons (Fsp3) is 0.148. The van der Waals surface area contributed by atoms with Gasteiger partial charge in [0.1, 0.15) is 11.4 Å². The van der Waals surface area contributed by atoms with Crippen LogP contribution >= 0.6 is 0 Å². The number of benzene rings is 3. The van der Waals surface area contributed by atoms with E-state index >= 15 is 0 Å². The maximum Gasteiger partial charge on any atom is 0.336 e. The van der Waals surface area contributed by atoms with Crippen molar-refractivity contribution in [3.05, 3.63) is 101 Å². The van der Waals surface area contributed by atoms with E-state index in [1.807, 2.05) is 36.4 Å². The molecule has 0 unspecified atom stereocenters. The molecular weight excluding hydrogens is 433 g/mol. The van der Waals surface area contributed by atoms with Crippen LogP contribution in [0.3, 0.4) is 0 Å². The van der Waals surface area contributed by atoms with Crippen molar-refractivity contribution in [2.24, 2.45) is 0 Å². The van der Waals surface area contributed by atoms with E-state index in [9.17, 15) is 18.8 Å². The zero-order valence-electron chi connectivity index (χ0n) is 18.3. The van der Waals surface area contributed by atoms with E-state index in [0.717, 1.165) is 43.2 Å². The van der Waals surface area contributed by atoms with Gasteiger partial charge in [-0.05, 0) is 59.9 Å². The lowest BCUT2D eigenvalue weighted by Crippen LogP contribution is -2.54. The molecule has 0 spiro atoms. The van der Waals surface area contributed by atoms with Crippen LogP contribution in [0.2, 0.25) is 0 Å². The number of imide groups is 2. The van der Waals surface area contributed by atoms with Crippen molar-refractivity contribution in [3.8, 4) is 0 Å². The number of halogens is 1. The van der Waals surface area contributed by atoms with Gasteiger partial charge in [-0.15, -0.1) is 0 Å². The Labute approximate surface area is 196 Å². The summed E-state index contributed by atoms with van der Waals surface area (Å²) in [6.07, 6.45) is 3.33. The molecule has 34 heavy (non-hydrogen) atoms. The van der Waals surface area contributed by atoms with E-state index in [0.29, 0.717) is 10.5 Å². The van der Waals surface area contributed by atoms with Gasteiger partial charge in [-0.1, -0.05) is 48.5 Å². The predicted molar refractivity (Wildman–Crippen MR) is 128 cm³/mol. The van der Waals surface area contributed by atoms with Crippen molar-refractivity contribution in [1.29, 1.82) is 0 Å². The van der Waals surface area contributed by atoms with Crippen LogP contribution in [0.4, 0.5) is 20.6 Å². The lowest BCUT2D eigenvalue weighted by Gasteiger charge is -2.32. The summed E-state index contributed by atoms with van der Waals surface area (Å²) in [6, 6.07) is 20.5. The molecule has 2 aliphatic heterocycles. The number of para-hydroxylation sites is 1. The Morgan fingerprint density at radius 1 is 0.912 bits per heavy atom. The minimum atomic E-state index is -0.973. The van der Waals surface area contributed by atoms with Crippen LogP contribution < -0.4 is 15.1 Å². The standard InChI is InChI=1S/C27H22FN3O3/c28-22-10-4-5-11-24(22)31-26(33)21(25(32)29-27(31)34)16-19-12-13-23-20(15-19)9-6-14-30(23)17-18-7-2-1-3-8-18/h1-5,7-8,10-13,15-16H,6,9,14,17H2,(H,29,32,34)/b21-16+. The van der Waals surface area contributed by atoms with E-state index in [1.165, 1.54) is 29.8 Å². The summed E-state index contributed by atoms with van der Waals surface area (Å²) in [6.45, 7) is 1.75. The summed E-state index contributed by atoms with van der Waals surface area (Å²) in [5, 5.41) is 2.14. The van der Waals surface area contributed by atoms with Crippen LogP contribution in [-0.4, -0.2) is 24.4 Å². The first-order valence-corrected chi connectivity index (χ1v) is 11.1. The van der Waals surface area contributed by atoms with Crippen LogP contribution in [-0.2, 0) is 22.6 Å². The van der Waals surface area contributed by atoms with Crippen LogP contribution in [0, 0.1) is 5.82 Å². The molecule has 5 rings (SSSR count). The number of carbonyl (C=O) groups excluding carboxylic acids is 3. The van der Waals surface area contributed by atoms with E-state index in [4.69, 9.17) is 0 Å². The SMILES string of the molecule is O=C1NC(=O)N(c2ccccc2F)C(=O)/C1=C/c1ccc2c(c1)CCCN2Cc1ccccc1. The number of barbiturate groups is 1. The maximum absolute atomic E-state index is 14.3. The van der Waals surface area contributed by atoms with Gasteiger partial charge in [0.25, 0.3) is 11.8 Å². The lowest BCUT2D eigenvalue weighted by atomic mass is 9.97. The van der Waals surface area contributed by atoms with Crippen molar-refractivity contribution in [3.63, 3.8) is 0 Å². The highest BCUT2D eigenvalue weighted by Gasteiger charge is 2.38. The largest absolute Gasteiger partial charge is 0.367 e. The van der Waals surface area contributed by atoms with Crippen LogP contribution in [0.25, 0.3) is 6.08 Å². The van der Waals surface area contributed by atoms with Crippen molar-refractivity contribution < 1.29 is 18.8 Å². The molecule has 170 valence electrons. The van der Waals surface area contributed by atoms with Gasteiger partial charge in [0.2, 0.25) is 0 Å². The minimum Gasteiger partial charge on any atom is -0.367 e. The summed E-state index contributed by atoms with van der Waals surface area (Å²) in [7, 11) is 0. The predicted octanol–water partition coefficient (Wildman–Crippen LogP) is 4.44. The van der Waals surface area contributed by atoms with Crippen molar-refractivity contribution >= 4 is 35.3 Å². The highest BCUT2D eigenvalue weighted by molar-refractivity contribution is 6.39. The summed E-state index contributed by atoms with van der Waals surface area (Å²) < 4.78 is 14.3. The number of carbonyl (C=O) groups is 3. The molecule has 1 fully saturated rings. The first-order chi connectivity index (χ1) is 16.5. The molecule has 3 aromatic rings. The molecule has 7 heteroatoms. The molecule has 0 bridgehead atoms. The average Bonchev–Trinajstić information content (AvgIpc) is 2.83. The number of rotatable bonds is 4. The fourth-order valence-corrected chi connectivity index (χ4v) is 4.43. The summed E-state index contributed by atoms with van der Waals surface area (Å²) in [4.78, 5) is 40.8. The van der Waals surface area contributed by atoms with Crippen LogP contribution in [0.5, 0.6) is 0 Å². The van der Waals surface area contributed by atoms with Crippen molar-refractivity contribution in [2.75, 3.05) is 16.3 Å². The van der Waals surface area contributed by atoms with Gasteiger partial charge in [0.15, 0.2) is 0 Å². The molecule has 4 amide bonds. The van der Waals surface area contributed by atoms with Gasteiger partial charge in [-0.25, -0.2) is 14.1 Å². The molecule has 0 aliphatic carbocycles. The van der Waals surface area contributed by atoms with Gasteiger partial charge in [0.05, 0.1) is 5.69 Å². The zero-order chi connectivity index (χ0) is 23.7. The molecule has 1 saturated heterocycles. The molecule has 1 N–H and O–H groups in total. The Morgan fingerprint density at radius 2 is 1.68 bits per heavy atom. The number of nitrogens with zero attached hydrogens (tertiary/aromatic N) is 2. The third-order valence-corrected chi connectivity index (χ3v) is 6.04. The summed E-state index contributed by atoms with van der Waals surface area (Å²) in [5.41, 5.74) is 3.72. The van der Waals surface area contributed by atoms with Crippen LogP contribution in [0.15, 0.2) is 78.4 Å². The van der Waals surface area contributed by atoms with E-state index < -0.39 is 23.7 Å². The third-order valence-electron chi connectivity index (χ3n) is 6.04. The monoisotopic (exact) mass is 455 g/mol. The highest BCUT2D eigenvalue weighted by atomic mass is 19.1. The molecule has 6 nitrogen and oxygen atoms in total. The Hall–Kier alpha value is -4.26. The maximum atomic E-state index is 14.3. The zero-order valence-corrected chi connectivity index (χ0v) is 18.3. The van der Waals surface area contributed by atoms with E-state index in [2.05, 4.69) is 22.3 Å². The quantitative estimate of drug-likeness (QED) is 0.466. The van der Waals surface area contributed by atoms with Crippen LogP contribution in [0.1, 0.15) is 23.1 Å². The van der Waals surface area contributed by atoms with Gasteiger partial charge in [-0.2, -0.15) is 0 Å². The number of urea groups is 1. The lowest BCUT2D eigenvalue weighted by molar-refractivity contribution is -0.122. The van der Waals surface area contributed by atoms with Gasteiger partial charge in [-0.3, -0.25) is 14.9 Å². The number of hydrogen-bond acceptors (Lipinski definition) is 4. The summed E-state index contributed by atoms with van der Waals surface area (Å²) >= 11 is 0. The number of aryl methyl sites for hydroxylation is 1. The highest BCUT2D eigenvalue weighted by Crippen LogP contribution is 2.31.